The van der Waals surface area contributed by atoms with E-state index in [9.17, 15) is 0 Å². The van der Waals surface area contributed by atoms with Gasteiger partial charge in [-0.2, -0.15) is 0 Å². The Balaban J connectivity index is 1.39. The van der Waals surface area contributed by atoms with Crippen molar-refractivity contribution in [1.82, 2.24) is 0 Å². The third-order valence-electron chi connectivity index (χ3n) is 3.70. The van der Waals surface area contributed by atoms with E-state index in [1.807, 2.05) is 0 Å². The summed E-state index contributed by atoms with van der Waals surface area (Å²) in [6.45, 7) is 0. The van der Waals surface area contributed by atoms with E-state index in [0.29, 0.717) is 0 Å². The molecule has 14 heavy (non-hydrogen) atoms. The van der Waals surface area contributed by atoms with Crippen LogP contribution in [0.15, 0.2) is 0 Å². The lowest BCUT2D eigenvalue weighted by atomic mass is 9.84. The molecule has 2 saturated carbocycles. The molecule has 2 aliphatic carbocycles. The summed E-state index contributed by atoms with van der Waals surface area (Å²) < 4.78 is 0. The highest BCUT2D eigenvalue weighted by Crippen LogP contribution is 2.35. The van der Waals surface area contributed by atoms with Crippen molar-refractivity contribution in [2.75, 3.05) is 11.5 Å². The summed E-state index contributed by atoms with van der Waals surface area (Å²) in [4.78, 5) is 0. The summed E-state index contributed by atoms with van der Waals surface area (Å²) in [6, 6.07) is 0. The molecule has 0 spiro atoms. The SMILES string of the molecule is C1CC(CCSSCC2CCCC2)C1. The van der Waals surface area contributed by atoms with E-state index in [1.165, 1.54) is 62.9 Å². The molecule has 0 heterocycles. The Bertz CT molecular complexity index is 148. The quantitative estimate of drug-likeness (QED) is 0.477. The van der Waals surface area contributed by atoms with Crippen LogP contribution in [0.3, 0.4) is 0 Å². The Morgan fingerprint density at radius 3 is 2.14 bits per heavy atom. The van der Waals surface area contributed by atoms with Crippen LogP contribution < -0.4 is 0 Å². The van der Waals surface area contributed by atoms with Gasteiger partial charge in [0, 0.05) is 11.5 Å². The van der Waals surface area contributed by atoms with E-state index >= 15 is 0 Å². The Kier molecular flexibility index (Phi) is 5.05. The summed E-state index contributed by atoms with van der Waals surface area (Å²) >= 11 is 0. The first-order valence-electron chi connectivity index (χ1n) is 6.19. The van der Waals surface area contributed by atoms with E-state index in [4.69, 9.17) is 0 Å². The second-order valence-electron chi connectivity index (χ2n) is 4.84. The highest BCUT2D eigenvalue weighted by atomic mass is 33.1. The lowest BCUT2D eigenvalue weighted by Crippen LogP contribution is -2.11. The van der Waals surface area contributed by atoms with Crippen LogP contribution in [0.25, 0.3) is 0 Å². The molecule has 0 nitrogen and oxygen atoms in total. The molecular formula is C12H22S2. The van der Waals surface area contributed by atoms with Crippen LogP contribution in [-0.2, 0) is 0 Å². The summed E-state index contributed by atoms with van der Waals surface area (Å²) in [5.41, 5.74) is 0. The van der Waals surface area contributed by atoms with Gasteiger partial charge in [-0.25, -0.2) is 0 Å². The molecule has 0 aliphatic heterocycles. The van der Waals surface area contributed by atoms with Gasteiger partial charge in [-0.3, -0.25) is 0 Å². The van der Waals surface area contributed by atoms with Gasteiger partial charge in [0.05, 0.1) is 0 Å². The molecule has 2 heteroatoms. The topological polar surface area (TPSA) is 0 Å². The first-order valence-corrected chi connectivity index (χ1v) is 8.68. The van der Waals surface area contributed by atoms with Crippen molar-refractivity contribution in [3.05, 3.63) is 0 Å². The standard InChI is InChI=1S/C12H22S2/c1-2-5-12(4-1)10-14-13-9-8-11-6-3-7-11/h11-12H,1-10H2. The average molecular weight is 230 g/mol. The van der Waals surface area contributed by atoms with Crippen LogP contribution in [0.5, 0.6) is 0 Å². The molecule has 0 aromatic rings. The first-order chi connectivity index (χ1) is 6.95. The second-order valence-corrected chi connectivity index (χ2v) is 7.47. The Morgan fingerprint density at radius 1 is 0.786 bits per heavy atom. The summed E-state index contributed by atoms with van der Waals surface area (Å²) in [5, 5.41) is 0. The Hall–Kier alpha value is 0.700. The van der Waals surface area contributed by atoms with Crippen molar-refractivity contribution in [3.63, 3.8) is 0 Å². The Labute approximate surface area is 96.4 Å². The average Bonchev–Trinajstić information content (AvgIpc) is 2.60. The zero-order valence-electron chi connectivity index (χ0n) is 9.04. The van der Waals surface area contributed by atoms with E-state index in [0.717, 1.165) is 11.8 Å². The highest BCUT2D eigenvalue weighted by Gasteiger charge is 2.17. The summed E-state index contributed by atoms with van der Waals surface area (Å²) in [7, 11) is 4.28. The van der Waals surface area contributed by atoms with E-state index < -0.39 is 0 Å². The molecule has 0 saturated heterocycles. The third-order valence-corrected chi connectivity index (χ3v) is 6.28. The molecule has 82 valence electrons. The van der Waals surface area contributed by atoms with Crippen LogP contribution in [0, 0.1) is 11.8 Å². The largest absolute Gasteiger partial charge is 0.0941 e. The number of hydrogen-bond acceptors (Lipinski definition) is 2. The fourth-order valence-corrected chi connectivity index (χ4v) is 5.05. The first kappa shape index (κ1) is 11.2. The van der Waals surface area contributed by atoms with Gasteiger partial charge in [0.25, 0.3) is 0 Å². The van der Waals surface area contributed by atoms with E-state index in [-0.39, 0.29) is 0 Å². The van der Waals surface area contributed by atoms with Gasteiger partial charge in [0.15, 0.2) is 0 Å². The molecule has 0 N–H and O–H groups in total. The maximum absolute atomic E-state index is 2.14. The molecule has 0 aromatic carbocycles. The maximum atomic E-state index is 2.14. The molecule has 2 rings (SSSR count). The zero-order valence-corrected chi connectivity index (χ0v) is 10.7. The molecule has 0 atom stereocenters. The summed E-state index contributed by atoms with van der Waals surface area (Å²) in [5.74, 6) is 5.00. The number of hydrogen-bond donors (Lipinski definition) is 0. The highest BCUT2D eigenvalue weighted by molar-refractivity contribution is 8.76. The fourth-order valence-electron chi connectivity index (χ4n) is 2.38. The van der Waals surface area contributed by atoms with Crippen LogP contribution in [0.2, 0.25) is 0 Å². The lowest BCUT2D eigenvalue weighted by Gasteiger charge is -2.24. The van der Waals surface area contributed by atoms with Crippen molar-refractivity contribution in [2.24, 2.45) is 11.8 Å². The van der Waals surface area contributed by atoms with Gasteiger partial charge >= 0.3 is 0 Å². The van der Waals surface area contributed by atoms with Crippen molar-refractivity contribution in [2.45, 2.75) is 51.4 Å². The lowest BCUT2D eigenvalue weighted by molar-refractivity contribution is 0.309. The molecule has 2 aliphatic rings. The Morgan fingerprint density at radius 2 is 1.50 bits per heavy atom. The maximum Gasteiger partial charge on any atom is 0.00653 e. The number of rotatable bonds is 6. The van der Waals surface area contributed by atoms with Gasteiger partial charge < -0.3 is 0 Å². The van der Waals surface area contributed by atoms with Crippen molar-refractivity contribution < 1.29 is 0 Å². The van der Waals surface area contributed by atoms with Gasteiger partial charge in [-0.05, 0) is 31.1 Å². The van der Waals surface area contributed by atoms with Crippen LogP contribution >= 0.6 is 21.6 Å². The smallest absolute Gasteiger partial charge is 0.00653 e. The zero-order chi connectivity index (χ0) is 9.64. The van der Waals surface area contributed by atoms with Gasteiger partial charge in [-0.1, -0.05) is 53.7 Å². The molecule has 2 fully saturated rings. The molecule has 0 radical (unpaired) electrons. The minimum Gasteiger partial charge on any atom is -0.0941 e. The minimum atomic E-state index is 1.07. The van der Waals surface area contributed by atoms with E-state index in [2.05, 4.69) is 21.6 Å². The third kappa shape index (κ3) is 3.69. The predicted octanol–water partition coefficient (Wildman–Crippen LogP) is 4.75. The minimum absolute atomic E-state index is 1.07. The van der Waals surface area contributed by atoms with Crippen molar-refractivity contribution in [3.8, 4) is 0 Å². The van der Waals surface area contributed by atoms with Crippen LogP contribution in [0.4, 0.5) is 0 Å². The van der Waals surface area contributed by atoms with Gasteiger partial charge in [0.1, 0.15) is 0 Å². The second kappa shape index (κ2) is 6.32. The molecule has 0 bridgehead atoms. The molecular weight excluding hydrogens is 208 g/mol. The van der Waals surface area contributed by atoms with Crippen molar-refractivity contribution in [1.29, 1.82) is 0 Å². The normalized spacial score (nSPS) is 24.0. The molecule has 0 amide bonds. The monoisotopic (exact) mass is 230 g/mol. The predicted molar refractivity (Wildman–Crippen MR) is 68.8 cm³/mol. The summed E-state index contributed by atoms with van der Waals surface area (Å²) in [6.07, 6.45) is 12.1. The van der Waals surface area contributed by atoms with Gasteiger partial charge in [0.2, 0.25) is 0 Å². The van der Waals surface area contributed by atoms with Gasteiger partial charge in [-0.15, -0.1) is 0 Å². The van der Waals surface area contributed by atoms with Crippen LogP contribution in [-0.4, -0.2) is 11.5 Å². The fraction of sp³-hybridized carbons (Fsp3) is 1.00. The van der Waals surface area contributed by atoms with E-state index in [1.54, 1.807) is 0 Å². The molecule has 0 aromatic heterocycles. The molecule has 0 unspecified atom stereocenters. The van der Waals surface area contributed by atoms with Crippen molar-refractivity contribution >= 4 is 21.6 Å². The van der Waals surface area contributed by atoms with Crippen LogP contribution in [0.1, 0.15) is 51.4 Å².